The summed E-state index contributed by atoms with van der Waals surface area (Å²) in [6, 6.07) is 7.79. The lowest BCUT2D eigenvalue weighted by Gasteiger charge is -2.23. The third-order valence-electron chi connectivity index (χ3n) is 4.80. The lowest BCUT2D eigenvalue weighted by molar-refractivity contribution is -0.129. The molecule has 2 saturated heterocycles. The molecule has 5 nitrogen and oxygen atoms in total. The van der Waals surface area contributed by atoms with Crippen LogP contribution in [0, 0.1) is 0 Å². The molecule has 0 unspecified atom stereocenters. The number of hydrogen-bond donors (Lipinski definition) is 2. The Labute approximate surface area is 137 Å². The first-order chi connectivity index (χ1) is 11.2. The molecule has 3 rings (SSSR count). The highest BCUT2D eigenvalue weighted by atomic mass is 16.2. The molecule has 2 heterocycles. The zero-order valence-electron chi connectivity index (χ0n) is 13.5. The van der Waals surface area contributed by atoms with Gasteiger partial charge in [-0.3, -0.25) is 9.59 Å². The average molecular weight is 315 g/mol. The largest absolute Gasteiger partial charge is 0.343 e. The maximum Gasteiger partial charge on any atom is 0.251 e. The van der Waals surface area contributed by atoms with Crippen molar-refractivity contribution >= 4 is 11.8 Å². The maximum atomic E-state index is 12.2. The van der Waals surface area contributed by atoms with Gasteiger partial charge in [-0.15, -0.1) is 0 Å². The number of nitrogens with zero attached hydrogens (tertiary/aromatic N) is 1. The minimum absolute atomic E-state index is 0.0146. The van der Waals surface area contributed by atoms with Gasteiger partial charge in [0.2, 0.25) is 5.91 Å². The van der Waals surface area contributed by atoms with E-state index < -0.39 is 0 Å². The summed E-state index contributed by atoms with van der Waals surface area (Å²) in [5, 5.41) is 6.14. The van der Waals surface area contributed by atoms with Gasteiger partial charge in [-0.05, 0) is 55.8 Å². The third kappa shape index (κ3) is 4.10. The summed E-state index contributed by atoms with van der Waals surface area (Å²) in [6.07, 6.45) is 4.53. The SMILES string of the molecule is O=C(NCC(=O)N1CCCC1)c1ccc([C@H]2CCCNC2)cc1. The number of rotatable bonds is 4. The van der Waals surface area contributed by atoms with Crippen LogP contribution in [-0.4, -0.2) is 49.4 Å². The fourth-order valence-electron chi connectivity index (χ4n) is 3.38. The Morgan fingerprint density at radius 1 is 1.13 bits per heavy atom. The fourth-order valence-corrected chi connectivity index (χ4v) is 3.38. The van der Waals surface area contributed by atoms with E-state index in [-0.39, 0.29) is 18.4 Å². The van der Waals surface area contributed by atoms with Gasteiger partial charge in [-0.2, -0.15) is 0 Å². The van der Waals surface area contributed by atoms with Crippen LogP contribution in [0.3, 0.4) is 0 Å². The van der Waals surface area contributed by atoms with Crippen LogP contribution in [0.15, 0.2) is 24.3 Å². The Hall–Kier alpha value is -1.88. The van der Waals surface area contributed by atoms with Gasteiger partial charge in [0.05, 0.1) is 6.54 Å². The molecular weight excluding hydrogens is 290 g/mol. The van der Waals surface area contributed by atoms with Crippen LogP contribution in [-0.2, 0) is 4.79 Å². The van der Waals surface area contributed by atoms with Crippen molar-refractivity contribution in [1.82, 2.24) is 15.5 Å². The van der Waals surface area contributed by atoms with Crippen LogP contribution in [0.25, 0.3) is 0 Å². The van der Waals surface area contributed by atoms with E-state index in [0.29, 0.717) is 11.5 Å². The number of piperidine rings is 1. The molecule has 0 aliphatic carbocycles. The highest BCUT2D eigenvalue weighted by Gasteiger charge is 2.19. The van der Waals surface area contributed by atoms with Crippen molar-refractivity contribution in [3.05, 3.63) is 35.4 Å². The summed E-state index contributed by atoms with van der Waals surface area (Å²) < 4.78 is 0. The van der Waals surface area contributed by atoms with Gasteiger partial charge in [-0.25, -0.2) is 0 Å². The minimum atomic E-state index is -0.175. The summed E-state index contributed by atoms with van der Waals surface area (Å²) in [7, 11) is 0. The molecule has 2 aliphatic rings. The van der Waals surface area contributed by atoms with Gasteiger partial charge in [0, 0.05) is 25.2 Å². The van der Waals surface area contributed by atoms with Gasteiger partial charge in [0.15, 0.2) is 0 Å². The van der Waals surface area contributed by atoms with E-state index in [2.05, 4.69) is 10.6 Å². The number of benzene rings is 1. The molecule has 124 valence electrons. The van der Waals surface area contributed by atoms with Gasteiger partial charge in [0.25, 0.3) is 5.91 Å². The van der Waals surface area contributed by atoms with Crippen molar-refractivity contribution in [2.24, 2.45) is 0 Å². The molecule has 0 spiro atoms. The van der Waals surface area contributed by atoms with Crippen LogP contribution in [0.5, 0.6) is 0 Å². The Morgan fingerprint density at radius 3 is 2.52 bits per heavy atom. The van der Waals surface area contributed by atoms with Crippen molar-refractivity contribution in [3.8, 4) is 0 Å². The number of likely N-dealkylation sites (tertiary alicyclic amines) is 1. The first kappa shape index (κ1) is 16.0. The molecule has 1 aromatic carbocycles. The molecule has 0 saturated carbocycles. The molecule has 2 fully saturated rings. The highest BCUT2D eigenvalue weighted by Crippen LogP contribution is 2.23. The Morgan fingerprint density at radius 2 is 1.87 bits per heavy atom. The summed E-state index contributed by atoms with van der Waals surface area (Å²) in [4.78, 5) is 25.9. The lowest BCUT2D eigenvalue weighted by Crippen LogP contribution is -2.38. The maximum absolute atomic E-state index is 12.2. The van der Waals surface area contributed by atoms with E-state index >= 15 is 0 Å². The zero-order valence-corrected chi connectivity index (χ0v) is 13.5. The predicted octanol–water partition coefficient (Wildman–Crippen LogP) is 1.51. The van der Waals surface area contributed by atoms with E-state index in [1.807, 2.05) is 29.2 Å². The minimum Gasteiger partial charge on any atom is -0.343 e. The first-order valence-corrected chi connectivity index (χ1v) is 8.61. The third-order valence-corrected chi connectivity index (χ3v) is 4.80. The van der Waals surface area contributed by atoms with Crippen LogP contribution in [0.4, 0.5) is 0 Å². The molecule has 0 bridgehead atoms. The van der Waals surface area contributed by atoms with E-state index in [1.54, 1.807) is 0 Å². The molecule has 1 atom stereocenters. The molecule has 2 aliphatic heterocycles. The summed E-state index contributed by atoms with van der Waals surface area (Å²) >= 11 is 0. The molecule has 0 radical (unpaired) electrons. The second-order valence-corrected chi connectivity index (χ2v) is 6.44. The Balaban J connectivity index is 1.51. The predicted molar refractivity (Wildman–Crippen MR) is 89.4 cm³/mol. The number of amides is 2. The zero-order chi connectivity index (χ0) is 16.1. The monoisotopic (exact) mass is 315 g/mol. The molecular formula is C18H25N3O2. The summed E-state index contributed by atoms with van der Waals surface area (Å²) in [6.45, 7) is 3.84. The smallest absolute Gasteiger partial charge is 0.251 e. The number of carbonyl (C=O) groups is 2. The topological polar surface area (TPSA) is 61.4 Å². The van der Waals surface area contributed by atoms with E-state index in [4.69, 9.17) is 0 Å². The van der Waals surface area contributed by atoms with Crippen LogP contribution >= 0.6 is 0 Å². The van der Waals surface area contributed by atoms with Crippen molar-refractivity contribution in [3.63, 3.8) is 0 Å². The second-order valence-electron chi connectivity index (χ2n) is 6.44. The first-order valence-electron chi connectivity index (χ1n) is 8.61. The lowest BCUT2D eigenvalue weighted by atomic mass is 9.91. The van der Waals surface area contributed by atoms with Crippen molar-refractivity contribution < 1.29 is 9.59 Å². The van der Waals surface area contributed by atoms with Crippen LogP contribution in [0.2, 0.25) is 0 Å². The number of carbonyl (C=O) groups excluding carboxylic acids is 2. The van der Waals surface area contributed by atoms with E-state index in [1.165, 1.54) is 18.4 Å². The summed E-state index contributed by atoms with van der Waals surface area (Å²) in [5.74, 6) is 0.379. The Bertz CT molecular complexity index is 544. The van der Waals surface area contributed by atoms with Crippen LogP contribution < -0.4 is 10.6 Å². The van der Waals surface area contributed by atoms with E-state index in [9.17, 15) is 9.59 Å². The number of nitrogens with one attached hydrogen (secondary N) is 2. The second kappa shape index (κ2) is 7.59. The standard InChI is InChI=1S/C18H25N3O2/c22-17(21-10-1-2-11-21)13-20-18(23)15-7-5-14(6-8-15)16-4-3-9-19-12-16/h5-8,16,19H,1-4,9-13H2,(H,20,23)/t16-/m0/s1. The molecule has 5 heteroatoms. The van der Waals surface area contributed by atoms with Gasteiger partial charge in [0.1, 0.15) is 0 Å². The molecule has 2 N–H and O–H groups in total. The number of hydrogen-bond acceptors (Lipinski definition) is 3. The van der Waals surface area contributed by atoms with Gasteiger partial charge in [-0.1, -0.05) is 12.1 Å². The molecule has 23 heavy (non-hydrogen) atoms. The molecule has 1 aromatic rings. The van der Waals surface area contributed by atoms with Crippen molar-refractivity contribution in [2.45, 2.75) is 31.6 Å². The summed E-state index contributed by atoms with van der Waals surface area (Å²) in [5.41, 5.74) is 1.90. The van der Waals surface area contributed by atoms with Crippen molar-refractivity contribution in [2.75, 3.05) is 32.7 Å². The molecule has 2 amide bonds. The normalized spacial score (nSPS) is 21.2. The van der Waals surface area contributed by atoms with Crippen molar-refractivity contribution in [1.29, 1.82) is 0 Å². The average Bonchev–Trinajstić information content (AvgIpc) is 3.15. The van der Waals surface area contributed by atoms with Gasteiger partial charge >= 0.3 is 0 Å². The fraction of sp³-hybridized carbons (Fsp3) is 0.556. The quantitative estimate of drug-likeness (QED) is 0.885. The highest BCUT2D eigenvalue weighted by molar-refractivity contribution is 5.96. The molecule has 0 aromatic heterocycles. The van der Waals surface area contributed by atoms with E-state index in [0.717, 1.165) is 39.0 Å². The van der Waals surface area contributed by atoms with Crippen LogP contribution in [0.1, 0.15) is 47.5 Å². The Kier molecular flexibility index (Phi) is 5.28. The van der Waals surface area contributed by atoms with Gasteiger partial charge < -0.3 is 15.5 Å².